The second kappa shape index (κ2) is 4.93. The van der Waals surface area contributed by atoms with Crippen molar-refractivity contribution in [1.82, 2.24) is 5.32 Å². The summed E-state index contributed by atoms with van der Waals surface area (Å²) in [5, 5.41) is 2.14. The molecule has 1 aromatic carbocycles. The SMILES string of the molecule is COc1cc(Br)cc(F)c1N1CCC(=O)NC1=O. The Morgan fingerprint density at radius 2 is 2.17 bits per heavy atom. The third kappa shape index (κ3) is 2.31. The summed E-state index contributed by atoms with van der Waals surface area (Å²) in [5.41, 5.74) is 0.0331. The molecule has 0 spiro atoms. The molecule has 96 valence electrons. The molecular formula is C11H10BrFN2O3. The first kappa shape index (κ1) is 12.8. The Hall–Kier alpha value is -1.63. The number of nitrogens with one attached hydrogen (secondary N) is 1. The van der Waals surface area contributed by atoms with Crippen LogP contribution < -0.4 is 15.0 Å². The van der Waals surface area contributed by atoms with Gasteiger partial charge in [-0.1, -0.05) is 15.9 Å². The highest BCUT2D eigenvalue weighted by Crippen LogP contribution is 2.35. The molecule has 1 aliphatic heterocycles. The van der Waals surface area contributed by atoms with E-state index in [1.807, 2.05) is 0 Å². The monoisotopic (exact) mass is 316 g/mol. The summed E-state index contributed by atoms with van der Waals surface area (Å²) in [4.78, 5) is 23.9. The van der Waals surface area contributed by atoms with Crippen LogP contribution in [0.1, 0.15) is 6.42 Å². The van der Waals surface area contributed by atoms with Gasteiger partial charge in [0.25, 0.3) is 0 Å². The summed E-state index contributed by atoms with van der Waals surface area (Å²) < 4.78 is 19.5. The molecule has 0 radical (unpaired) electrons. The van der Waals surface area contributed by atoms with Gasteiger partial charge in [-0.2, -0.15) is 0 Å². The van der Waals surface area contributed by atoms with Crippen molar-refractivity contribution in [3.63, 3.8) is 0 Å². The van der Waals surface area contributed by atoms with Gasteiger partial charge in [-0.15, -0.1) is 0 Å². The molecule has 5 nitrogen and oxygen atoms in total. The highest BCUT2D eigenvalue weighted by Gasteiger charge is 2.29. The Balaban J connectivity index is 2.44. The van der Waals surface area contributed by atoms with Crippen molar-refractivity contribution in [1.29, 1.82) is 0 Å². The molecule has 1 fully saturated rings. The molecular weight excluding hydrogens is 307 g/mol. The minimum absolute atomic E-state index is 0.0331. The van der Waals surface area contributed by atoms with E-state index in [1.54, 1.807) is 6.07 Å². The Labute approximate surface area is 111 Å². The number of halogens is 2. The molecule has 18 heavy (non-hydrogen) atoms. The largest absolute Gasteiger partial charge is 0.494 e. The molecule has 0 aliphatic carbocycles. The summed E-state index contributed by atoms with van der Waals surface area (Å²) in [6, 6.07) is 2.15. The predicted octanol–water partition coefficient (Wildman–Crippen LogP) is 2.04. The van der Waals surface area contributed by atoms with Crippen molar-refractivity contribution in [3.8, 4) is 5.75 Å². The average Bonchev–Trinajstić information content (AvgIpc) is 2.29. The van der Waals surface area contributed by atoms with Crippen LogP contribution in [0.5, 0.6) is 5.75 Å². The van der Waals surface area contributed by atoms with E-state index >= 15 is 0 Å². The highest BCUT2D eigenvalue weighted by molar-refractivity contribution is 9.10. The second-order valence-electron chi connectivity index (χ2n) is 3.69. The van der Waals surface area contributed by atoms with E-state index in [0.29, 0.717) is 4.47 Å². The number of benzene rings is 1. The Bertz CT molecular complexity index is 521. The number of urea groups is 1. The summed E-state index contributed by atoms with van der Waals surface area (Å²) in [7, 11) is 1.39. The number of hydrogen-bond donors (Lipinski definition) is 1. The maximum absolute atomic E-state index is 13.9. The number of nitrogens with zero attached hydrogens (tertiary/aromatic N) is 1. The van der Waals surface area contributed by atoms with E-state index in [0.717, 1.165) is 4.90 Å². The standard InChI is InChI=1S/C11H10BrFN2O3/c1-18-8-5-6(12)4-7(13)10(8)15-3-2-9(16)14-11(15)17/h4-5H,2-3H2,1H3,(H,14,16,17). The molecule has 7 heteroatoms. The van der Waals surface area contributed by atoms with Gasteiger partial charge in [0.05, 0.1) is 7.11 Å². The van der Waals surface area contributed by atoms with Crippen LogP contribution in [0.4, 0.5) is 14.9 Å². The van der Waals surface area contributed by atoms with Gasteiger partial charge in [0.1, 0.15) is 11.4 Å². The topological polar surface area (TPSA) is 58.6 Å². The number of hydrogen-bond acceptors (Lipinski definition) is 3. The van der Waals surface area contributed by atoms with Gasteiger partial charge < -0.3 is 4.74 Å². The number of ether oxygens (including phenoxy) is 1. The van der Waals surface area contributed by atoms with Gasteiger partial charge in [0, 0.05) is 17.4 Å². The molecule has 0 bridgehead atoms. The van der Waals surface area contributed by atoms with Crippen LogP contribution in [0.3, 0.4) is 0 Å². The van der Waals surface area contributed by atoms with Crippen LogP contribution in [0.2, 0.25) is 0 Å². The minimum atomic E-state index is -0.647. The first-order chi connectivity index (χ1) is 8.52. The molecule has 0 saturated carbocycles. The predicted molar refractivity (Wildman–Crippen MR) is 66.2 cm³/mol. The zero-order chi connectivity index (χ0) is 13.3. The Morgan fingerprint density at radius 3 is 2.78 bits per heavy atom. The second-order valence-corrected chi connectivity index (χ2v) is 4.61. The van der Waals surface area contributed by atoms with E-state index in [9.17, 15) is 14.0 Å². The van der Waals surface area contributed by atoms with Gasteiger partial charge in [-0.3, -0.25) is 15.0 Å². The molecule has 1 N–H and O–H groups in total. The summed E-state index contributed by atoms with van der Waals surface area (Å²) in [6.07, 6.45) is 0.129. The lowest BCUT2D eigenvalue weighted by atomic mass is 10.2. The van der Waals surface area contributed by atoms with Crippen LogP contribution in [-0.4, -0.2) is 25.6 Å². The van der Waals surface area contributed by atoms with E-state index in [1.165, 1.54) is 13.2 Å². The molecule has 1 heterocycles. The number of anilines is 1. The van der Waals surface area contributed by atoms with E-state index in [2.05, 4.69) is 21.2 Å². The molecule has 1 saturated heterocycles. The van der Waals surface area contributed by atoms with Gasteiger partial charge in [0.2, 0.25) is 5.91 Å². The molecule has 0 aromatic heterocycles. The first-order valence-electron chi connectivity index (χ1n) is 5.17. The van der Waals surface area contributed by atoms with Gasteiger partial charge >= 0.3 is 6.03 Å². The molecule has 2 rings (SSSR count). The van der Waals surface area contributed by atoms with Crippen LogP contribution in [-0.2, 0) is 4.79 Å². The zero-order valence-corrected chi connectivity index (χ0v) is 11.1. The maximum atomic E-state index is 13.9. The smallest absolute Gasteiger partial charge is 0.328 e. The number of imide groups is 1. The fourth-order valence-corrected chi connectivity index (χ4v) is 2.15. The summed E-state index contributed by atoms with van der Waals surface area (Å²) >= 11 is 3.14. The van der Waals surface area contributed by atoms with Crippen LogP contribution >= 0.6 is 15.9 Å². The first-order valence-corrected chi connectivity index (χ1v) is 5.96. The van der Waals surface area contributed by atoms with Gasteiger partial charge in [0.15, 0.2) is 5.82 Å². The molecule has 1 aliphatic rings. The maximum Gasteiger partial charge on any atom is 0.328 e. The van der Waals surface area contributed by atoms with Crippen molar-refractivity contribution in [2.24, 2.45) is 0 Å². The van der Waals surface area contributed by atoms with Gasteiger partial charge in [-0.25, -0.2) is 9.18 Å². The normalized spacial score (nSPS) is 15.6. The highest BCUT2D eigenvalue weighted by atomic mass is 79.9. The van der Waals surface area contributed by atoms with Crippen molar-refractivity contribution in [2.45, 2.75) is 6.42 Å². The lowest BCUT2D eigenvalue weighted by molar-refractivity contribution is -0.120. The van der Waals surface area contributed by atoms with Crippen molar-refractivity contribution in [3.05, 3.63) is 22.4 Å². The van der Waals surface area contributed by atoms with Crippen LogP contribution in [0, 0.1) is 5.82 Å². The van der Waals surface area contributed by atoms with Crippen molar-refractivity contribution < 1.29 is 18.7 Å². The van der Waals surface area contributed by atoms with E-state index < -0.39 is 11.8 Å². The third-order valence-electron chi connectivity index (χ3n) is 2.54. The average molecular weight is 317 g/mol. The number of amides is 3. The fraction of sp³-hybridized carbons (Fsp3) is 0.273. The Kier molecular flexibility index (Phi) is 3.51. The van der Waals surface area contributed by atoms with Crippen molar-refractivity contribution >= 4 is 33.6 Å². The molecule has 0 atom stereocenters. The van der Waals surface area contributed by atoms with Crippen molar-refractivity contribution in [2.75, 3.05) is 18.6 Å². The molecule has 3 amide bonds. The minimum Gasteiger partial charge on any atom is -0.494 e. The number of rotatable bonds is 2. The fourth-order valence-electron chi connectivity index (χ4n) is 1.74. The Morgan fingerprint density at radius 1 is 1.44 bits per heavy atom. The van der Waals surface area contributed by atoms with E-state index in [4.69, 9.17) is 4.74 Å². The number of carbonyl (C=O) groups excluding carboxylic acids is 2. The number of methoxy groups -OCH3 is 1. The summed E-state index contributed by atoms with van der Waals surface area (Å²) in [6.45, 7) is 0.125. The van der Waals surface area contributed by atoms with Crippen LogP contribution in [0.25, 0.3) is 0 Å². The molecule has 1 aromatic rings. The number of carbonyl (C=O) groups is 2. The lowest BCUT2D eigenvalue weighted by Crippen LogP contribution is -2.50. The molecule has 0 unspecified atom stereocenters. The van der Waals surface area contributed by atoms with E-state index in [-0.39, 0.29) is 30.3 Å². The summed E-state index contributed by atoms with van der Waals surface area (Å²) in [5.74, 6) is -0.732. The zero-order valence-electron chi connectivity index (χ0n) is 9.50. The quantitative estimate of drug-likeness (QED) is 0.908. The lowest BCUT2D eigenvalue weighted by Gasteiger charge is -2.28. The van der Waals surface area contributed by atoms with Gasteiger partial charge in [-0.05, 0) is 12.1 Å². The third-order valence-corrected chi connectivity index (χ3v) is 2.99. The van der Waals surface area contributed by atoms with Crippen LogP contribution in [0.15, 0.2) is 16.6 Å².